The maximum Gasteiger partial charge on any atom is 0.253 e. The smallest absolute Gasteiger partial charge is 0.253 e. The van der Waals surface area contributed by atoms with Crippen LogP contribution in [0.25, 0.3) is 0 Å². The molecule has 1 saturated heterocycles. The largest absolute Gasteiger partial charge is 0.493 e. The van der Waals surface area contributed by atoms with Crippen LogP contribution in [0, 0.1) is 5.92 Å². The molecule has 1 saturated carbocycles. The number of aryl methyl sites for hydroxylation is 1. The normalized spacial score (nSPS) is 21.8. The molecule has 1 unspecified atom stereocenters. The van der Waals surface area contributed by atoms with E-state index in [0.29, 0.717) is 6.10 Å². The molecule has 3 aliphatic rings. The molecule has 34 heavy (non-hydrogen) atoms. The van der Waals surface area contributed by atoms with Crippen LogP contribution >= 0.6 is 0 Å². The summed E-state index contributed by atoms with van der Waals surface area (Å²) in [6.07, 6.45) is 9.48. The van der Waals surface area contributed by atoms with Gasteiger partial charge in [0.2, 0.25) is 0 Å². The minimum Gasteiger partial charge on any atom is -0.493 e. The first-order valence-corrected chi connectivity index (χ1v) is 13.1. The van der Waals surface area contributed by atoms with Crippen LogP contribution in [0.4, 0.5) is 0 Å². The fourth-order valence-electron chi connectivity index (χ4n) is 5.16. The van der Waals surface area contributed by atoms with Crippen LogP contribution in [0.15, 0.2) is 42.5 Å². The molecule has 0 bridgehead atoms. The van der Waals surface area contributed by atoms with Crippen molar-refractivity contribution >= 4 is 5.91 Å². The highest BCUT2D eigenvalue weighted by molar-refractivity contribution is 5.94. The molecular weight excluding hydrogens is 424 g/mol. The third-order valence-electron chi connectivity index (χ3n) is 7.62. The second kappa shape index (κ2) is 10.9. The lowest BCUT2D eigenvalue weighted by Crippen LogP contribution is -2.40. The number of nitrogens with one attached hydrogen (secondary N) is 1. The Hall–Kier alpha value is -2.37. The maximum absolute atomic E-state index is 13.1. The van der Waals surface area contributed by atoms with Gasteiger partial charge in [-0.05, 0) is 105 Å². The van der Waals surface area contributed by atoms with E-state index in [4.69, 9.17) is 9.47 Å². The fourth-order valence-corrected chi connectivity index (χ4v) is 5.16. The summed E-state index contributed by atoms with van der Waals surface area (Å²) in [7, 11) is 1.95. The van der Waals surface area contributed by atoms with Crippen molar-refractivity contribution in [1.29, 1.82) is 0 Å². The van der Waals surface area contributed by atoms with E-state index in [1.165, 1.54) is 42.4 Å². The Morgan fingerprint density at radius 2 is 1.94 bits per heavy atom. The quantitative estimate of drug-likeness (QED) is 0.517. The molecule has 182 valence electrons. The summed E-state index contributed by atoms with van der Waals surface area (Å²) in [5, 5.41) is 3.57. The van der Waals surface area contributed by atoms with Gasteiger partial charge in [-0.2, -0.15) is 0 Å². The number of rotatable bonds is 10. The zero-order valence-electron chi connectivity index (χ0n) is 20.4. The average molecular weight is 463 g/mol. The van der Waals surface area contributed by atoms with E-state index < -0.39 is 0 Å². The van der Waals surface area contributed by atoms with E-state index in [2.05, 4.69) is 23.5 Å². The van der Waals surface area contributed by atoms with Crippen molar-refractivity contribution in [2.24, 2.45) is 5.92 Å². The second-order valence-corrected chi connectivity index (χ2v) is 10.3. The fraction of sp³-hybridized carbons (Fsp3) is 0.552. The first-order chi connectivity index (χ1) is 16.7. The van der Waals surface area contributed by atoms with Gasteiger partial charge in [0.15, 0.2) is 0 Å². The lowest BCUT2D eigenvalue weighted by molar-refractivity contribution is 0.0719. The van der Waals surface area contributed by atoms with E-state index in [1.807, 2.05) is 36.2 Å². The van der Waals surface area contributed by atoms with E-state index in [0.717, 1.165) is 69.2 Å². The van der Waals surface area contributed by atoms with Crippen molar-refractivity contribution in [2.45, 2.75) is 70.1 Å². The number of amides is 1. The van der Waals surface area contributed by atoms with E-state index >= 15 is 0 Å². The van der Waals surface area contributed by atoms with Crippen LogP contribution in [-0.2, 0) is 24.1 Å². The highest BCUT2D eigenvalue weighted by Gasteiger charge is 2.26. The lowest BCUT2D eigenvalue weighted by Gasteiger charge is -2.33. The van der Waals surface area contributed by atoms with Crippen LogP contribution in [0.2, 0.25) is 0 Å². The first-order valence-electron chi connectivity index (χ1n) is 13.1. The number of fused-ring (bicyclic) bond motifs is 1. The van der Waals surface area contributed by atoms with Gasteiger partial charge in [0, 0.05) is 31.8 Å². The number of hydrogen-bond acceptors (Lipinski definition) is 4. The lowest BCUT2D eigenvalue weighted by atomic mass is 9.86. The third-order valence-corrected chi connectivity index (χ3v) is 7.62. The van der Waals surface area contributed by atoms with Crippen molar-refractivity contribution in [3.05, 3.63) is 64.7 Å². The first kappa shape index (κ1) is 23.4. The van der Waals surface area contributed by atoms with E-state index in [1.54, 1.807) is 0 Å². The van der Waals surface area contributed by atoms with Gasteiger partial charge in [-0.25, -0.2) is 0 Å². The molecular formula is C29H38N2O3. The molecule has 5 heteroatoms. The summed E-state index contributed by atoms with van der Waals surface area (Å²) >= 11 is 0. The molecule has 1 amide bonds. The number of nitrogens with zero attached hydrogens (tertiary/aromatic N) is 1. The number of likely N-dealkylation sites (N-methyl/N-ethyl adjacent to an activating group) is 1. The summed E-state index contributed by atoms with van der Waals surface area (Å²) in [4.78, 5) is 15.0. The van der Waals surface area contributed by atoms with Crippen molar-refractivity contribution in [3.8, 4) is 5.75 Å². The second-order valence-electron chi connectivity index (χ2n) is 10.3. The number of carbonyl (C=O) groups is 1. The maximum atomic E-state index is 13.1. The molecule has 5 nitrogen and oxygen atoms in total. The molecule has 2 aromatic carbocycles. The monoisotopic (exact) mass is 462 g/mol. The molecule has 2 aromatic rings. The highest BCUT2D eigenvalue weighted by atomic mass is 16.5. The Labute approximate surface area is 203 Å². The molecule has 5 rings (SSSR count). The molecule has 1 N–H and O–H groups in total. The van der Waals surface area contributed by atoms with Crippen molar-refractivity contribution in [2.75, 3.05) is 26.8 Å². The summed E-state index contributed by atoms with van der Waals surface area (Å²) in [6.45, 7) is 3.63. The van der Waals surface area contributed by atoms with Gasteiger partial charge >= 0.3 is 0 Å². The van der Waals surface area contributed by atoms with Gasteiger partial charge in [0.25, 0.3) is 5.91 Å². The van der Waals surface area contributed by atoms with Gasteiger partial charge in [0.1, 0.15) is 5.75 Å². The Morgan fingerprint density at radius 3 is 2.71 bits per heavy atom. The number of benzene rings is 2. The summed E-state index contributed by atoms with van der Waals surface area (Å²) in [5.74, 6) is 1.68. The SMILES string of the molecule is CN(C(=O)c1ccc(OCC2CC2)cc1)[C@H]1CCc2cc(CNCCC3CCCO3)ccc2C1. The predicted octanol–water partition coefficient (Wildman–Crippen LogP) is 4.76. The van der Waals surface area contributed by atoms with Crippen LogP contribution in [0.5, 0.6) is 5.75 Å². The summed E-state index contributed by atoms with van der Waals surface area (Å²) < 4.78 is 11.5. The third kappa shape index (κ3) is 6.00. The number of ether oxygens (including phenoxy) is 2. The molecule has 0 spiro atoms. The van der Waals surface area contributed by atoms with Gasteiger partial charge in [-0.15, -0.1) is 0 Å². The number of hydrogen-bond donors (Lipinski definition) is 1. The van der Waals surface area contributed by atoms with Crippen molar-refractivity contribution < 1.29 is 14.3 Å². The van der Waals surface area contributed by atoms with Gasteiger partial charge in [0.05, 0.1) is 12.7 Å². The predicted molar refractivity (Wildman–Crippen MR) is 134 cm³/mol. The molecule has 0 aromatic heterocycles. The minimum atomic E-state index is 0.0919. The van der Waals surface area contributed by atoms with Crippen LogP contribution in [0.3, 0.4) is 0 Å². The van der Waals surface area contributed by atoms with Crippen molar-refractivity contribution in [1.82, 2.24) is 10.2 Å². The molecule has 2 atom stereocenters. The summed E-state index contributed by atoms with van der Waals surface area (Å²) in [6, 6.07) is 14.7. The van der Waals surface area contributed by atoms with Gasteiger partial charge < -0.3 is 19.7 Å². The summed E-state index contributed by atoms with van der Waals surface area (Å²) in [5.41, 5.74) is 4.89. The average Bonchev–Trinajstić information content (AvgIpc) is 3.57. The highest BCUT2D eigenvalue weighted by Crippen LogP contribution is 2.30. The number of carbonyl (C=O) groups excluding carboxylic acids is 1. The zero-order chi connectivity index (χ0) is 23.3. The van der Waals surface area contributed by atoms with E-state index in [-0.39, 0.29) is 11.9 Å². The van der Waals surface area contributed by atoms with E-state index in [9.17, 15) is 4.79 Å². The molecule has 0 radical (unpaired) electrons. The minimum absolute atomic E-state index is 0.0919. The topological polar surface area (TPSA) is 50.8 Å². The standard InChI is InChI=1S/C29H38N2O3/c1-31(29(32)23-9-12-28(13-10-23)34-20-21-4-5-21)26-11-8-24-17-22(6-7-25(24)18-26)19-30-15-14-27-3-2-16-33-27/h6-7,9-10,12-13,17,21,26-27,30H,2-5,8,11,14-16,18-20H2,1H3/t26-,27?/m0/s1. The van der Waals surface area contributed by atoms with Crippen LogP contribution in [-0.4, -0.2) is 49.8 Å². The molecule has 1 heterocycles. The van der Waals surface area contributed by atoms with Gasteiger partial charge in [-0.1, -0.05) is 18.2 Å². The van der Waals surface area contributed by atoms with Crippen LogP contribution < -0.4 is 10.1 Å². The Morgan fingerprint density at radius 1 is 1.09 bits per heavy atom. The zero-order valence-corrected chi connectivity index (χ0v) is 20.4. The molecule has 2 aliphatic carbocycles. The molecule has 1 aliphatic heterocycles. The Kier molecular flexibility index (Phi) is 7.51. The Bertz CT molecular complexity index is 964. The van der Waals surface area contributed by atoms with Gasteiger partial charge in [-0.3, -0.25) is 4.79 Å². The Balaban J connectivity index is 1.11. The molecule has 2 fully saturated rings. The van der Waals surface area contributed by atoms with Crippen LogP contribution in [0.1, 0.15) is 65.6 Å². The van der Waals surface area contributed by atoms with Crippen molar-refractivity contribution in [3.63, 3.8) is 0 Å².